The minimum absolute atomic E-state index is 0.145. The molecule has 0 bridgehead atoms. The van der Waals surface area contributed by atoms with E-state index in [1.165, 1.54) is 6.92 Å². The highest BCUT2D eigenvalue weighted by Gasteiger charge is 2.28. The Hall–Kier alpha value is -1.60. The third kappa shape index (κ3) is 3.95. The number of carboxylic acid groups (broad SMARTS) is 1. The van der Waals surface area contributed by atoms with Gasteiger partial charge in [0.15, 0.2) is 0 Å². The lowest BCUT2D eigenvalue weighted by atomic mass is 9.89. The van der Waals surface area contributed by atoms with Crippen molar-refractivity contribution < 1.29 is 23.4 Å². The fraction of sp³-hybridized carbons (Fsp3) is 0.500. The van der Waals surface area contributed by atoms with Gasteiger partial charge in [-0.3, -0.25) is 0 Å². The van der Waals surface area contributed by atoms with Gasteiger partial charge in [0.2, 0.25) is 10.0 Å². The Kier molecular flexibility index (Phi) is 4.70. The molecule has 0 saturated heterocycles. The summed E-state index contributed by atoms with van der Waals surface area (Å²) in [5.74, 6) is -1.84. The maximum Gasteiger partial charge on any atom is 0.339 e. The summed E-state index contributed by atoms with van der Waals surface area (Å²) in [4.78, 5) is 10.9. The van der Waals surface area contributed by atoms with Crippen LogP contribution in [0.15, 0.2) is 17.0 Å². The molecule has 1 aromatic carbocycles. The first-order valence-electron chi connectivity index (χ1n) is 6.45. The lowest BCUT2D eigenvalue weighted by Gasteiger charge is -2.28. The SMILES string of the molecule is Cc1cc(O)c(C(=O)O)cc1S(=O)(=O)NC(C)C(C)(C)C. The van der Waals surface area contributed by atoms with Gasteiger partial charge < -0.3 is 10.2 Å². The third-order valence-electron chi connectivity index (χ3n) is 3.44. The zero-order valence-corrected chi connectivity index (χ0v) is 13.6. The largest absolute Gasteiger partial charge is 0.507 e. The second-order valence-electron chi connectivity index (χ2n) is 6.15. The number of rotatable bonds is 4. The van der Waals surface area contributed by atoms with E-state index in [-0.39, 0.29) is 21.9 Å². The molecule has 0 spiro atoms. The van der Waals surface area contributed by atoms with Crippen molar-refractivity contribution >= 4 is 16.0 Å². The van der Waals surface area contributed by atoms with Gasteiger partial charge in [-0.15, -0.1) is 0 Å². The molecule has 1 atom stereocenters. The molecule has 0 aliphatic carbocycles. The van der Waals surface area contributed by atoms with Crippen LogP contribution in [-0.4, -0.2) is 30.6 Å². The van der Waals surface area contributed by atoms with Gasteiger partial charge in [-0.25, -0.2) is 17.9 Å². The minimum atomic E-state index is -3.87. The zero-order valence-electron chi connectivity index (χ0n) is 12.8. The highest BCUT2D eigenvalue weighted by molar-refractivity contribution is 7.89. The number of aromatic hydroxyl groups is 1. The third-order valence-corrected chi connectivity index (χ3v) is 5.13. The van der Waals surface area contributed by atoms with Crippen molar-refractivity contribution in [1.82, 2.24) is 4.72 Å². The summed E-state index contributed by atoms with van der Waals surface area (Å²) < 4.78 is 27.4. The minimum Gasteiger partial charge on any atom is -0.507 e. The van der Waals surface area contributed by atoms with E-state index in [1.54, 1.807) is 6.92 Å². The van der Waals surface area contributed by atoms with Gasteiger partial charge in [-0.1, -0.05) is 20.8 Å². The molecule has 21 heavy (non-hydrogen) atoms. The molecule has 0 aliphatic rings. The first-order chi connectivity index (χ1) is 9.36. The van der Waals surface area contributed by atoms with Gasteiger partial charge in [0.1, 0.15) is 11.3 Å². The number of nitrogens with one attached hydrogen (secondary N) is 1. The Labute approximate surface area is 124 Å². The van der Waals surface area contributed by atoms with Crippen LogP contribution in [0.2, 0.25) is 0 Å². The molecule has 0 heterocycles. The smallest absolute Gasteiger partial charge is 0.339 e. The fourth-order valence-electron chi connectivity index (χ4n) is 1.61. The molecular formula is C14H21NO5S. The lowest BCUT2D eigenvalue weighted by molar-refractivity contribution is 0.0693. The highest BCUT2D eigenvalue weighted by Crippen LogP contribution is 2.27. The molecule has 0 radical (unpaired) electrons. The number of sulfonamides is 1. The Bertz CT molecular complexity index is 659. The van der Waals surface area contributed by atoms with Crippen LogP contribution in [0.5, 0.6) is 5.75 Å². The normalized spacial score (nSPS) is 14.0. The number of hydrogen-bond donors (Lipinski definition) is 3. The Balaban J connectivity index is 3.32. The average Bonchev–Trinajstić information content (AvgIpc) is 2.25. The van der Waals surface area contributed by atoms with Crippen LogP contribution in [0.25, 0.3) is 0 Å². The van der Waals surface area contributed by atoms with E-state index in [4.69, 9.17) is 5.11 Å². The van der Waals surface area contributed by atoms with Crippen molar-refractivity contribution in [3.8, 4) is 5.75 Å². The van der Waals surface area contributed by atoms with Crippen LogP contribution < -0.4 is 4.72 Å². The van der Waals surface area contributed by atoms with E-state index < -0.39 is 27.3 Å². The van der Waals surface area contributed by atoms with Gasteiger partial charge in [0, 0.05) is 6.04 Å². The van der Waals surface area contributed by atoms with Gasteiger partial charge in [0.05, 0.1) is 4.90 Å². The quantitative estimate of drug-likeness (QED) is 0.789. The molecule has 3 N–H and O–H groups in total. The maximum absolute atomic E-state index is 12.4. The van der Waals surface area contributed by atoms with Gasteiger partial charge >= 0.3 is 5.97 Å². The predicted molar refractivity (Wildman–Crippen MR) is 79.0 cm³/mol. The summed E-state index contributed by atoms with van der Waals surface area (Å²) in [5, 5.41) is 18.5. The molecule has 1 rings (SSSR count). The van der Waals surface area contributed by atoms with E-state index in [9.17, 15) is 18.3 Å². The molecule has 7 heteroatoms. The predicted octanol–water partition coefficient (Wildman–Crippen LogP) is 2.11. The molecule has 0 aliphatic heterocycles. The Morgan fingerprint density at radius 1 is 1.29 bits per heavy atom. The van der Waals surface area contributed by atoms with Crippen LogP contribution >= 0.6 is 0 Å². The number of aryl methyl sites for hydroxylation is 1. The number of phenols is 1. The second-order valence-corrected chi connectivity index (χ2v) is 7.83. The van der Waals surface area contributed by atoms with Crippen molar-refractivity contribution in [2.45, 2.75) is 45.6 Å². The van der Waals surface area contributed by atoms with Crippen LogP contribution in [0.1, 0.15) is 43.6 Å². The van der Waals surface area contributed by atoms with Crippen molar-refractivity contribution in [2.24, 2.45) is 5.41 Å². The first-order valence-corrected chi connectivity index (χ1v) is 7.94. The number of aromatic carboxylic acids is 1. The molecule has 1 aromatic rings. The molecule has 0 saturated carbocycles. The van der Waals surface area contributed by atoms with Crippen molar-refractivity contribution in [3.05, 3.63) is 23.3 Å². The lowest BCUT2D eigenvalue weighted by Crippen LogP contribution is -2.41. The van der Waals surface area contributed by atoms with Crippen LogP contribution in [0, 0.1) is 12.3 Å². The summed E-state index contributed by atoms with van der Waals surface area (Å²) in [6.07, 6.45) is 0. The Morgan fingerprint density at radius 2 is 1.81 bits per heavy atom. The number of hydrogen-bond acceptors (Lipinski definition) is 4. The summed E-state index contributed by atoms with van der Waals surface area (Å²) in [7, 11) is -3.87. The van der Waals surface area contributed by atoms with E-state index in [2.05, 4.69) is 4.72 Å². The summed E-state index contributed by atoms with van der Waals surface area (Å²) in [6.45, 7) is 8.93. The van der Waals surface area contributed by atoms with E-state index in [0.717, 1.165) is 12.1 Å². The van der Waals surface area contributed by atoms with Gasteiger partial charge in [0.25, 0.3) is 0 Å². The standard InChI is InChI=1S/C14H21NO5S/c1-8-6-11(16)10(13(17)18)7-12(8)21(19,20)15-9(2)14(3,4)5/h6-7,9,15-16H,1-5H3,(H,17,18). The highest BCUT2D eigenvalue weighted by atomic mass is 32.2. The van der Waals surface area contributed by atoms with Crippen molar-refractivity contribution in [2.75, 3.05) is 0 Å². The Morgan fingerprint density at radius 3 is 2.24 bits per heavy atom. The molecule has 0 amide bonds. The summed E-state index contributed by atoms with van der Waals surface area (Å²) >= 11 is 0. The fourth-order valence-corrected chi connectivity index (χ4v) is 3.31. The van der Waals surface area contributed by atoms with Crippen LogP contribution in [-0.2, 0) is 10.0 Å². The van der Waals surface area contributed by atoms with Crippen molar-refractivity contribution in [1.29, 1.82) is 0 Å². The molecule has 118 valence electrons. The molecule has 1 unspecified atom stereocenters. The number of carboxylic acids is 1. The molecule has 6 nitrogen and oxygen atoms in total. The number of carbonyl (C=O) groups is 1. The average molecular weight is 315 g/mol. The zero-order chi connectivity index (χ0) is 16.6. The van der Waals surface area contributed by atoms with Crippen LogP contribution in [0.3, 0.4) is 0 Å². The monoisotopic (exact) mass is 315 g/mol. The molecule has 0 aromatic heterocycles. The van der Waals surface area contributed by atoms with E-state index in [1.807, 2.05) is 20.8 Å². The summed E-state index contributed by atoms with van der Waals surface area (Å²) in [5.41, 5.74) is -0.441. The molecular weight excluding hydrogens is 294 g/mol. The molecule has 0 fully saturated rings. The summed E-state index contributed by atoms with van der Waals surface area (Å²) in [6, 6.07) is 1.77. The van der Waals surface area contributed by atoms with E-state index in [0.29, 0.717) is 0 Å². The topological polar surface area (TPSA) is 104 Å². The first kappa shape index (κ1) is 17.5. The van der Waals surface area contributed by atoms with Gasteiger partial charge in [-0.05, 0) is 37.0 Å². The maximum atomic E-state index is 12.4. The van der Waals surface area contributed by atoms with Crippen LogP contribution in [0.4, 0.5) is 0 Å². The number of benzene rings is 1. The van der Waals surface area contributed by atoms with Crippen molar-refractivity contribution in [3.63, 3.8) is 0 Å². The van der Waals surface area contributed by atoms with E-state index >= 15 is 0 Å². The van der Waals surface area contributed by atoms with Gasteiger partial charge in [-0.2, -0.15) is 0 Å². The second kappa shape index (κ2) is 5.65.